The number of carbonyl (C=O) groups excluding carboxylic acids is 2. The second-order valence-electron chi connectivity index (χ2n) is 6.37. The third-order valence-corrected chi connectivity index (χ3v) is 4.29. The van der Waals surface area contributed by atoms with Crippen LogP contribution in [-0.2, 0) is 16.0 Å². The van der Waals surface area contributed by atoms with Gasteiger partial charge in [0.2, 0.25) is 0 Å². The summed E-state index contributed by atoms with van der Waals surface area (Å²) >= 11 is 0. The normalized spacial score (nSPS) is 17.4. The predicted octanol–water partition coefficient (Wildman–Crippen LogP) is 0.407. The number of nitrogens with one attached hydrogen (secondary N) is 1. The summed E-state index contributed by atoms with van der Waals surface area (Å²) in [6.07, 6.45) is 0.0924. The van der Waals surface area contributed by atoms with Crippen LogP contribution in [0.4, 0.5) is 4.79 Å². The number of hydrogen-bond donors (Lipinski definition) is 3. The largest absolute Gasteiger partial charge is 0.475 e. The number of carbonyl (C=O) groups is 2. The van der Waals surface area contributed by atoms with Crippen LogP contribution in [0, 0.1) is 11.3 Å². The van der Waals surface area contributed by atoms with Gasteiger partial charge in [0.1, 0.15) is 17.7 Å². The van der Waals surface area contributed by atoms with Crippen molar-refractivity contribution in [2.75, 3.05) is 13.1 Å². The van der Waals surface area contributed by atoms with Gasteiger partial charge in [-0.2, -0.15) is 5.26 Å². The topological polar surface area (TPSA) is 123 Å². The van der Waals surface area contributed by atoms with Crippen molar-refractivity contribution in [3.8, 4) is 6.07 Å². The zero-order valence-corrected chi connectivity index (χ0v) is 14.9. The predicted molar refractivity (Wildman–Crippen MR) is 98.1 cm³/mol. The Morgan fingerprint density at radius 1 is 1.41 bits per heavy atom. The van der Waals surface area contributed by atoms with Crippen molar-refractivity contribution in [1.82, 2.24) is 10.2 Å². The Hall–Kier alpha value is -2.83. The summed E-state index contributed by atoms with van der Waals surface area (Å²) in [5.41, 5.74) is 0.673. The van der Waals surface area contributed by atoms with E-state index in [1.165, 1.54) is 4.90 Å². The molecule has 0 aliphatic carbocycles. The highest BCUT2D eigenvalue weighted by Crippen LogP contribution is 2.15. The van der Waals surface area contributed by atoms with Crippen LogP contribution in [0.15, 0.2) is 42.5 Å². The average molecular weight is 371 g/mol. The lowest BCUT2D eigenvalue weighted by Gasteiger charge is -2.32. The average Bonchev–Trinajstić information content (AvgIpc) is 2.67. The molecule has 8 nitrogen and oxygen atoms in total. The van der Waals surface area contributed by atoms with E-state index >= 15 is 0 Å². The van der Waals surface area contributed by atoms with Crippen molar-refractivity contribution in [2.45, 2.75) is 31.3 Å². The highest BCUT2D eigenvalue weighted by molar-refractivity contribution is 6.43. The number of nitriles is 1. The molecule has 2 rings (SSSR count). The summed E-state index contributed by atoms with van der Waals surface area (Å²) in [4.78, 5) is 25.6. The lowest BCUT2D eigenvalue weighted by atomic mass is 9.76. The maximum atomic E-state index is 12.2. The number of ether oxygens (including phenoxy) is 1. The van der Waals surface area contributed by atoms with Crippen molar-refractivity contribution in [2.24, 2.45) is 0 Å². The number of nitrogens with zero attached hydrogens (tertiary/aromatic N) is 2. The van der Waals surface area contributed by atoms with Crippen LogP contribution < -0.4 is 5.32 Å². The van der Waals surface area contributed by atoms with Gasteiger partial charge in [0.05, 0.1) is 12.5 Å². The standard InChI is InChI=1S/C18H22BN3O5/c1-13(11-20)17(23)22-9-5-8-15(12-22)27-18(24)21-16(19(25)26)10-14-6-3-2-4-7-14/h2-4,6-7,15-16,25-26H,1,5,8-10,12H2,(H,21,24). The molecule has 142 valence electrons. The molecule has 2 amide bonds. The first kappa shape index (κ1) is 20.5. The number of benzene rings is 1. The Balaban J connectivity index is 1.90. The van der Waals surface area contributed by atoms with E-state index in [4.69, 9.17) is 10.00 Å². The third-order valence-electron chi connectivity index (χ3n) is 4.29. The van der Waals surface area contributed by atoms with Crippen LogP contribution in [0.3, 0.4) is 0 Å². The van der Waals surface area contributed by atoms with Gasteiger partial charge in [-0.3, -0.25) is 4.79 Å². The van der Waals surface area contributed by atoms with Crippen molar-refractivity contribution in [3.63, 3.8) is 0 Å². The van der Waals surface area contributed by atoms with Crippen LogP contribution in [0.1, 0.15) is 18.4 Å². The monoisotopic (exact) mass is 371 g/mol. The van der Waals surface area contributed by atoms with E-state index in [0.717, 1.165) is 5.56 Å². The van der Waals surface area contributed by atoms with E-state index in [2.05, 4.69) is 11.9 Å². The molecule has 2 atom stereocenters. The van der Waals surface area contributed by atoms with Crippen LogP contribution in [0.5, 0.6) is 0 Å². The van der Waals surface area contributed by atoms with Gasteiger partial charge in [-0.1, -0.05) is 36.9 Å². The molecular formula is C18H22BN3O5. The SMILES string of the molecule is C=C(C#N)C(=O)N1CCCC(OC(=O)NC(Cc2ccccc2)B(O)O)C1. The van der Waals surface area contributed by atoms with Gasteiger partial charge in [0, 0.05) is 6.54 Å². The van der Waals surface area contributed by atoms with Gasteiger partial charge < -0.3 is 25.0 Å². The first-order valence-corrected chi connectivity index (χ1v) is 8.66. The summed E-state index contributed by atoms with van der Waals surface area (Å²) in [6.45, 7) is 4.03. The lowest BCUT2D eigenvalue weighted by molar-refractivity contribution is -0.129. The molecule has 1 saturated heterocycles. The molecule has 3 N–H and O–H groups in total. The fourth-order valence-corrected chi connectivity index (χ4v) is 2.89. The number of alkyl carbamates (subject to hydrolysis) is 1. The molecule has 9 heteroatoms. The molecule has 0 bridgehead atoms. The van der Waals surface area contributed by atoms with E-state index < -0.39 is 31.2 Å². The molecule has 27 heavy (non-hydrogen) atoms. The van der Waals surface area contributed by atoms with E-state index in [1.807, 2.05) is 30.3 Å². The zero-order chi connectivity index (χ0) is 19.8. The second kappa shape index (κ2) is 9.76. The summed E-state index contributed by atoms with van der Waals surface area (Å²) < 4.78 is 5.32. The maximum Gasteiger partial charge on any atom is 0.475 e. The number of hydrogen-bond acceptors (Lipinski definition) is 6. The van der Waals surface area contributed by atoms with E-state index in [0.29, 0.717) is 19.4 Å². The van der Waals surface area contributed by atoms with Crippen LogP contribution >= 0.6 is 0 Å². The van der Waals surface area contributed by atoms with E-state index in [9.17, 15) is 19.6 Å². The van der Waals surface area contributed by atoms with Crippen LogP contribution in [0.2, 0.25) is 0 Å². The highest BCUT2D eigenvalue weighted by atomic mass is 16.6. The first-order chi connectivity index (χ1) is 12.9. The fraction of sp³-hybridized carbons (Fsp3) is 0.389. The second-order valence-corrected chi connectivity index (χ2v) is 6.37. The number of rotatable bonds is 6. The summed E-state index contributed by atoms with van der Waals surface area (Å²) in [6, 6.07) is 10.8. The minimum absolute atomic E-state index is 0.161. The third kappa shape index (κ3) is 6.13. The molecule has 1 aliphatic heterocycles. The fourth-order valence-electron chi connectivity index (χ4n) is 2.89. The zero-order valence-electron chi connectivity index (χ0n) is 14.9. The molecule has 0 saturated carbocycles. The van der Waals surface area contributed by atoms with Crippen molar-refractivity contribution < 1.29 is 24.4 Å². The van der Waals surface area contributed by atoms with Crippen LogP contribution in [0.25, 0.3) is 0 Å². The van der Waals surface area contributed by atoms with Crippen LogP contribution in [-0.4, -0.2) is 59.2 Å². The Bertz CT molecular complexity index is 719. The molecular weight excluding hydrogens is 349 g/mol. The van der Waals surface area contributed by atoms with E-state index in [-0.39, 0.29) is 18.5 Å². The molecule has 0 aromatic heterocycles. The Morgan fingerprint density at radius 2 is 2.11 bits per heavy atom. The molecule has 1 aromatic carbocycles. The number of piperidine rings is 1. The molecule has 0 radical (unpaired) electrons. The molecule has 2 unspecified atom stereocenters. The van der Waals surface area contributed by atoms with E-state index in [1.54, 1.807) is 6.07 Å². The quantitative estimate of drug-likeness (QED) is 0.378. The van der Waals surface area contributed by atoms with Crippen molar-refractivity contribution in [1.29, 1.82) is 5.26 Å². The van der Waals surface area contributed by atoms with Gasteiger partial charge in [-0.15, -0.1) is 0 Å². The molecule has 1 fully saturated rings. The molecule has 1 aliphatic rings. The van der Waals surface area contributed by atoms with Gasteiger partial charge in [0.25, 0.3) is 5.91 Å². The summed E-state index contributed by atoms with van der Waals surface area (Å²) in [5.74, 6) is -1.40. The minimum atomic E-state index is -1.75. The first-order valence-electron chi connectivity index (χ1n) is 8.66. The van der Waals surface area contributed by atoms with Gasteiger partial charge in [-0.05, 0) is 24.8 Å². The van der Waals surface area contributed by atoms with Crippen molar-refractivity contribution >= 4 is 19.1 Å². The smallest absolute Gasteiger partial charge is 0.444 e. The number of likely N-dealkylation sites (tertiary alicyclic amines) is 1. The highest BCUT2D eigenvalue weighted by Gasteiger charge is 2.30. The molecule has 0 spiro atoms. The summed E-state index contributed by atoms with van der Waals surface area (Å²) in [7, 11) is -1.75. The molecule has 1 aromatic rings. The Kier molecular flexibility index (Phi) is 7.40. The van der Waals surface area contributed by atoms with Gasteiger partial charge in [0.15, 0.2) is 0 Å². The Morgan fingerprint density at radius 3 is 2.74 bits per heavy atom. The van der Waals surface area contributed by atoms with Gasteiger partial charge >= 0.3 is 13.2 Å². The van der Waals surface area contributed by atoms with Gasteiger partial charge in [-0.25, -0.2) is 4.79 Å². The minimum Gasteiger partial charge on any atom is -0.444 e. The maximum absolute atomic E-state index is 12.2. The Labute approximate surface area is 158 Å². The summed E-state index contributed by atoms with van der Waals surface area (Å²) in [5, 5.41) is 30.3. The number of amides is 2. The molecule has 1 heterocycles. The lowest BCUT2D eigenvalue weighted by Crippen LogP contribution is -2.50. The van der Waals surface area contributed by atoms with Crippen molar-refractivity contribution in [3.05, 3.63) is 48.0 Å².